The second-order valence-electron chi connectivity index (χ2n) is 1.80. The molecule has 0 aliphatic rings. The van der Waals surface area contributed by atoms with Crippen molar-refractivity contribution in [3.8, 4) is 0 Å². The molecular formula is C5H5F3N2. The van der Waals surface area contributed by atoms with Crippen molar-refractivity contribution in [3.63, 3.8) is 0 Å². The Morgan fingerprint density at radius 2 is 2.20 bits per heavy atom. The molecule has 0 fully saturated rings. The van der Waals surface area contributed by atoms with Crippen molar-refractivity contribution >= 4 is 0 Å². The number of nitrogens with zero attached hydrogens (tertiary/aromatic N) is 2. The second kappa shape index (κ2) is 2.32. The van der Waals surface area contributed by atoms with Crippen LogP contribution in [0.4, 0.5) is 13.2 Å². The fourth-order valence-corrected chi connectivity index (χ4v) is 0.599. The monoisotopic (exact) mass is 150 g/mol. The standard InChI is InChI=1S/C5H5F3N2/c1-3-4(6)2-9-10(3)5(7)8/h2,5H,1H3. The normalized spacial score (nSPS) is 10.9. The van der Waals surface area contributed by atoms with Crippen molar-refractivity contribution in [3.05, 3.63) is 17.7 Å². The summed E-state index contributed by atoms with van der Waals surface area (Å²) < 4.78 is 36.2. The van der Waals surface area contributed by atoms with E-state index >= 15 is 0 Å². The lowest BCUT2D eigenvalue weighted by Crippen LogP contribution is -2.02. The minimum Gasteiger partial charge on any atom is -0.206 e. The molecule has 0 aliphatic heterocycles. The summed E-state index contributed by atoms with van der Waals surface area (Å²) in [6, 6.07) is 0. The maximum atomic E-state index is 12.3. The maximum Gasteiger partial charge on any atom is 0.333 e. The van der Waals surface area contributed by atoms with Gasteiger partial charge in [-0.15, -0.1) is 0 Å². The summed E-state index contributed by atoms with van der Waals surface area (Å²) in [6.07, 6.45) is 0.765. The number of halogens is 3. The summed E-state index contributed by atoms with van der Waals surface area (Å²) in [5.41, 5.74) is -0.144. The molecule has 0 N–H and O–H groups in total. The van der Waals surface area contributed by atoms with E-state index in [2.05, 4.69) is 5.10 Å². The first-order valence-electron chi connectivity index (χ1n) is 2.60. The Hall–Kier alpha value is -1.00. The zero-order chi connectivity index (χ0) is 7.72. The molecule has 1 heterocycles. The molecule has 2 nitrogen and oxygen atoms in total. The third-order valence-corrected chi connectivity index (χ3v) is 1.17. The van der Waals surface area contributed by atoms with Gasteiger partial charge in [0.2, 0.25) is 0 Å². The molecule has 0 saturated heterocycles. The van der Waals surface area contributed by atoms with Crippen molar-refractivity contribution in [1.29, 1.82) is 0 Å². The molecule has 5 heteroatoms. The molecular weight excluding hydrogens is 145 g/mol. The van der Waals surface area contributed by atoms with Crippen LogP contribution in [-0.2, 0) is 0 Å². The van der Waals surface area contributed by atoms with E-state index in [1.165, 1.54) is 6.92 Å². The van der Waals surface area contributed by atoms with Crippen LogP contribution in [0.5, 0.6) is 0 Å². The number of hydrogen-bond acceptors (Lipinski definition) is 1. The van der Waals surface area contributed by atoms with Crippen molar-refractivity contribution in [2.75, 3.05) is 0 Å². The first-order valence-corrected chi connectivity index (χ1v) is 2.60. The van der Waals surface area contributed by atoms with E-state index in [1.54, 1.807) is 0 Å². The maximum absolute atomic E-state index is 12.3. The quantitative estimate of drug-likeness (QED) is 0.596. The van der Waals surface area contributed by atoms with Gasteiger partial charge in [0.15, 0.2) is 5.82 Å². The lowest BCUT2D eigenvalue weighted by atomic mass is 10.5. The number of aromatic nitrogens is 2. The van der Waals surface area contributed by atoms with E-state index in [4.69, 9.17) is 0 Å². The van der Waals surface area contributed by atoms with Gasteiger partial charge in [-0.1, -0.05) is 0 Å². The molecule has 0 unspecified atom stereocenters. The molecule has 10 heavy (non-hydrogen) atoms. The molecule has 56 valence electrons. The van der Waals surface area contributed by atoms with Crippen molar-refractivity contribution in [2.24, 2.45) is 0 Å². The Bertz CT molecular complexity index is 231. The van der Waals surface area contributed by atoms with Gasteiger partial charge >= 0.3 is 6.55 Å². The van der Waals surface area contributed by atoms with Crippen LogP contribution in [0.2, 0.25) is 0 Å². The molecule has 0 aliphatic carbocycles. The highest BCUT2D eigenvalue weighted by molar-refractivity contribution is 5.00. The van der Waals surface area contributed by atoms with E-state index in [0.29, 0.717) is 4.68 Å². The first kappa shape index (κ1) is 7.11. The van der Waals surface area contributed by atoms with Crippen molar-refractivity contribution in [2.45, 2.75) is 13.5 Å². The third-order valence-electron chi connectivity index (χ3n) is 1.17. The summed E-state index contributed by atoms with van der Waals surface area (Å²) in [7, 11) is 0. The average molecular weight is 150 g/mol. The second-order valence-corrected chi connectivity index (χ2v) is 1.80. The van der Waals surface area contributed by atoms with Crippen molar-refractivity contribution in [1.82, 2.24) is 9.78 Å². The predicted octanol–water partition coefficient (Wildman–Crippen LogP) is 1.73. The van der Waals surface area contributed by atoms with Crippen LogP contribution in [0.1, 0.15) is 12.2 Å². The largest absolute Gasteiger partial charge is 0.333 e. The van der Waals surface area contributed by atoms with Crippen LogP contribution in [0, 0.1) is 12.7 Å². The molecule has 1 aromatic heterocycles. The lowest BCUT2D eigenvalue weighted by molar-refractivity contribution is 0.0540. The fraction of sp³-hybridized carbons (Fsp3) is 0.400. The van der Waals surface area contributed by atoms with Crippen LogP contribution >= 0.6 is 0 Å². The molecule has 0 spiro atoms. The smallest absolute Gasteiger partial charge is 0.206 e. The molecule has 0 amide bonds. The van der Waals surface area contributed by atoms with Gasteiger partial charge in [-0.25, -0.2) is 9.07 Å². The fourth-order valence-electron chi connectivity index (χ4n) is 0.599. The minimum atomic E-state index is -2.76. The Labute approximate surface area is 55.3 Å². The van der Waals surface area contributed by atoms with Gasteiger partial charge in [0, 0.05) is 0 Å². The predicted molar refractivity (Wildman–Crippen MR) is 28.2 cm³/mol. The zero-order valence-electron chi connectivity index (χ0n) is 5.18. The van der Waals surface area contributed by atoms with Crippen LogP contribution < -0.4 is 0 Å². The highest BCUT2D eigenvalue weighted by Crippen LogP contribution is 2.13. The summed E-state index contributed by atoms with van der Waals surface area (Å²) in [4.78, 5) is 0. The van der Waals surface area contributed by atoms with Gasteiger partial charge < -0.3 is 0 Å². The van der Waals surface area contributed by atoms with Gasteiger partial charge in [0.25, 0.3) is 0 Å². The Balaban J connectivity index is 3.05. The zero-order valence-corrected chi connectivity index (χ0v) is 5.18. The number of alkyl halides is 2. The SMILES string of the molecule is Cc1c(F)cnn1C(F)F. The summed E-state index contributed by atoms with van der Waals surface area (Å²) in [5.74, 6) is -0.708. The van der Waals surface area contributed by atoms with Crippen LogP contribution in [-0.4, -0.2) is 9.78 Å². The highest BCUT2D eigenvalue weighted by atomic mass is 19.3. The number of hydrogen-bond donors (Lipinski definition) is 0. The highest BCUT2D eigenvalue weighted by Gasteiger charge is 2.12. The van der Waals surface area contributed by atoms with Crippen LogP contribution in [0.3, 0.4) is 0 Å². The van der Waals surface area contributed by atoms with E-state index in [-0.39, 0.29) is 5.69 Å². The van der Waals surface area contributed by atoms with E-state index in [1.807, 2.05) is 0 Å². The van der Waals surface area contributed by atoms with E-state index < -0.39 is 12.4 Å². The average Bonchev–Trinajstić information content (AvgIpc) is 2.14. The Morgan fingerprint density at radius 1 is 1.60 bits per heavy atom. The number of rotatable bonds is 1. The molecule has 0 radical (unpaired) electrons. The lowest BCUT2D eigenvalue weighted by Gasteiger charge is -1.99. The molecule has 0 atom stereocenters. The summed E-state index contributed by atoms with van der Waals surface area (Å²) in [6.45, 7) is -1.52. The van der Waals surface area contributed by atoms with Crippen LogP contribution in [0.25, 0.3) is 0 Å². The Morgan fingerprint density at radius 3 is 2.40 bits per heavy atom. The molecule has 0 bridgehead atoms. The van der Waals surface area contributed by atoms with Crippen molar-refractivity contribution < 1.29 is 13.2 Å². The topological polar surface area (TPSA) is 17.8 Å². The Kier molecular flexibility index (Phi) is 1.65. The van der Waals surface area contributed by atoms with E-state index in [0.717, 1.165) is 6.20 Å². The molecule has 1 aromatic rings. The van der Waals surface area contributed by atoms with Gasteiger partial charge in [0.05, 0.1) is 11.9 Å². The molecule has 0 aromatic carbocycles. The molecule has 1 rings (SSSR count). The van der Waals surface area contributed by atoms with Gasteiger partial charge in [-0.2, -0.15) is 13.9 Å². The summed E-state index contributed by atoms with van der Waals surface area (Å²) in [5, 5.41) is 3.11. The first-order chi connectivity index (χ1) is 4.63. The van der Waals surface area contributed by atoms with Crippen LogP contribution in [0.15, 0.2) is 6.20 Å². The van der Waals surface area contributed by atoms with Gasteiger partial charge in [-0.3, -0.25) is 0 Å². The third kappa shape index (κ3) is 0.984. The van der Waals surface area contributed by atoms with E-state index in [9.17, 15) is 13.2 Å². The van der Waals surface area contributed by atoms with Gasteiger partial charge in [0.1, 0.15) is 0 Å². The molecule has 0 saturated carbocycles. The minimum absolute atomic E-state index is 0.144. The van der Waals surface area contributed by atoms with Gasteiger partial charge in [-0.05, 0) is 6.92 Å². The summed E-state index contributed by atoms with van der Waals surface area (Å²) >= 11 is 0.